The van der Waals surface area contributed by atoms with Crippen molar-refractivity contribution in [3.05, 3.63) is 45.7 Å². The lowest BCUT2D eigenvalue weighted by Crippen LogP contribution is -2.21. The van der Waals surface area contributed by atoms with Crippen LogP contribution in [-0.2, 0) is 12.3 Å². The number of nitrogens with zero attached hydrogens (tertiary/aromatic N) is 1. The summed E-state index contributed by atoms with van der Waals surface area (Å²) in [5, 5.41) is 4.45. The van der Waals surface area contributed by atoms with Crippen LogP contribution in [0.3, 0.4) is 0 Å². The molecule has 0 radical (unpaired) electrons. The largest absolute Gasteiger partial charge is 0.310 e. The molecule has 0 saturated carbocycles. The van der Waals surface area contributed by atoms with Gasteiger partial charge in [0, 0.05) is 22.4 Å². The van der Waals surface area contributed by atoms with E-state index in [0.717, 1.165) is 17.2 Å². The number of aromatic nitrogens is 1. The van der Waals surface area contributed by atoms with E-state index in [9.17, 15) is 4.39 Å². The molecule has 0 aliphatic carbocycles. The molecular formula is C15H19FN2S2. The highest BCUT2D eigenvalue weighted by atomic mass is 32.2. The van der Waals surface area contributed by atoms with Gasteiger partial charge >= 0.3 is 0 Å². The standard InChI is InChI=1S/C15H19FN2S2/c1-10(2)17-8-14-11(3)18-15(20-14)9-19-13-7-5-4-6-12(13)16/h4-7,10,17H,8-9H2,1-3H3. The lowest BCUT2D eigenvalue weighted by Gasteiger charge is -2.05. The van der Waals surface area contributed by atoms with Gasteiger partial charge in [-0.25, -0.2) is 9.37 Å². The van der Waals surface area contributed by atoms with E-state index in [2.05, 4.69) is 24.1 Å². The van der Waals surface area contributed by atoms with Crippen LogP contribution in [0.4, 0.5) is 4.39 Å². The number of benzene rings is 1. The molecule has 2 nitrogen and oxygen atoms in total. The van der Waals surface area contributed by atoms with Crippen molar-refractivity contribution < 1.29 is 4.39 Å². The van der Waals surface area contributed by atoms with Crippen molar-refractivity contribution in [1.82, 2.24) is 10.3 Å². The predicted molar refractivity (Wildman–Crippen MR) is 84.8 cm³/mol. The zero-order valence-electron chi connectivity index (χ0n) is 11.9. The summed E-state index contributed by atoms with van der Waals surface area (Å²) in [7, 11) is 0. The first-order chi connectivity index (χ1) is 9.56. The molecule has 2 rings (SSSR count). The number of hydrogen-bond donors (Lipinski definition) is 1. The number of aryl methyl sites for hydroxylation is 1. The molecule has 0 fully saturated rings. The molecule has 1 aromatic heterocycles. The second-order valence-electron chi connectivity index (χ2n) is 4.87. The van der Waals surface area contributed by atoms with Crippen LogP contribution in [0.25, 0.3) is 0 Å². The summed E-state index contributed by atoms with van der Waals surface area (Å²) >= 11 is 3.21. The minimum Gasteiger partial charge on any atom is -0.310 e. The minimum atomic E-state index is -0.160. The van der Waals surface area contributed by atoms with E-state index in [-0.39, 0.29) is 5.82 Å². The van der Waals surface area contributed by atoms with E-state index in [1.807, 2.05) is 19.1 Å². The summed E-state index contributed by atoms with van der Waals surface area (Å²) < 4.78 is 13.5. The zero-order valence-corrected chi connectivity index (χ0v) is 13.6. The molecule has 0 aliphatic rings. The SMILES string of the molecule is Cc1nc(CSc2ccccc2F)sc1CNC(C)C. The molecule has 0 bridgehead atoms. The third kappa shape index (κ3) is 4.30. The van der Waals surface area contributed by atoms with Crippen LogP contribution >= 0.6 is 23.1 Å². The highest BCUT2D eigenvalue weighted by Gasteiger charge is 2.09. The van der Waals surface area contributed by atoms with Gasteiger partial charge in [0.25, 0.3) is 0 Å². The maximum absolute atomic E-state index is 13.5. The number of thioether (sulfide) groups is 1. The van der Waals surface area contributed by atoms with E-state index in [0.29, 0.717) is 16.7 Å². The molecular weight excluding hydrogens is 291 g/mol. The predicted octanol–water partition coefficient (Wildman–Crippen LogP) is 4.38. The quantitative estimate of drug-likeness (QED) is 0.801. The Morgan fingerprint density at radius 3 is 2.80 bits per heavy atom. The maximum atomic E-state index is 13.5. The molecule has 108 valence electrons. The molecule has 0 amide bonds. The molecule has 0 aliphatic heterocycles. The maximum Gasteiger partial charge on any atom is 0.136 e. The fourth-order valence-electron chi connectivity index (χ4n) is 1.71. The average Bonchev–Trinajstić information content (AvgIpc) is 2.76. The fraction of sp³-hybridized carbons (Fsp3) is 0.400. The average molecular weight is 310 g/mol. The summed E-state index contributed by atoms with van der Waals surface area (Å²) in [6.07, 6.45) is 0. The number of nitrogens with one attached hydrogen (secondary N) is 1. The topological polar surface area (TPSA) is 24.9 Å². The van der Waals surface area contributed by atoms with Gasteiger partial charge in [0.2, 0.25) is 0 Å². The second-order valence-corrected chi connectivity index (χ2v) is 7.06. The molecule has 0 spiro atoms. The van der Waals surface area contributed by atoms with Crippen molar-refractivity contribution >= 4 is 23.1 Å². The van der Waals surface area contributed by atoms with Crippen LogP contribution < -0.4 is 5.32 Å². The van der Waals surface area contributed by atoms with Crippen LogP contribution in [0.2, 0.25) is 0 Å². The van der Waals surface area contributed by atoms with Gasteiger partial charge in [-0.3, -0.25) is 0 Å². The Morgan fingerprint density at radius 2 is 2.10 bits per heavy atom. The normalized spacial score (nSPS) is 11.2. The lowest BCUT2D eigenvalue weighted by molar-refractivity contribution is 0.591. The van der Waals surface area contributed by atoms with E-state index in [1.165, 1.54) is 22.7 Å². The van der Waals surface area contributed by atoms with Crippen LogP contribution in [0.1, 0.15) is 29.4 Å². The molecule has 20 heavy (non-hydrogen) atoms. The van der Waals surface area contributed by atoms with E-state index in [1.54, 1.807) is 17.4 Å². The first-order valence-corrected chi connectivity index (χ1v) is 8.42. The third-order valence-electron chi connectivity index (χ3n) is 2.80. The van der Waals surface area contributed by atoms with Crippen LogP contribution in [-0.4, -0.2) is 11.0 Å². The van der Waals surface area contributed by atoms with Crippen molar-refractivity contribution in [3.8, 4) is 0 Å². The van der Waals surface area contributed by atoms with Crippen LogP contribution in [0.15, 0.2) is 29.2 Å². The minimum absolute atomic E-state index is 0.160. The molecule has 1 heterocycles. The van der Waals surface area contributed by atoms with Crippen LogP contribution in [0, 0.1) is 12.7 Å². The second kappa shape index (κ2) is 7.20. The third-order valence-corrected chi connectivity index (χ3v) is 5.20. The van der Waals surface area contributed by atoms with Gasteiger partial charge in [-0.2, -0.15) is 0 Å². The number of rotatable bonds is 6. The first-order valence-electron chi connectivity index (χ1n) is 6.62. The van der Waals surface area contributed by atoms with Gasteiger partial charge in [0.1, 0.15) is 10.8 Å². The molecule has 0 unspecified atom stereocenters. The van der Waals surface area contributed by atoms with Crippen molar-refractivity contribution in [2.75, 3.05) is 0 Å². The number of halogens is 1. The Labute approximate surface area is 127 Å². The van der Waals surface area contributed by atoms with Gasteiger partial charge < -0.3 is 5.32 Å². The lowest BCUT2D eigenvalue weighted by atomic mass is 10.3. The van der Waals surface area contributed by atoms with Gasteiger partial charge in [-0.15, -0.1) is 23.1 Å². The Morgan fingerprint density at radius 1 is 1.35 bits per heavy atom. The smallest absolute Gasteiger partial charge is 0.136 e. The molecule has 0 atom stereocenters. The van der Waals surface area contributed by atoms with Crippen LogP contribution in [0.5, 0.6) is 0 Å². The van der Waals surface area contributed by atoms with Gasteiger partial charge in [0.05, 0.1) is 11.4 Å². The molecule has 0 saturated heterocycles. The zero-order chi connectivity index (χ0) is 14.5. The molecule has 5 heteroatoms. The van der Waals surface area contributed by atoms with E-state index in [4.69, 9.17) is 0 Å². The van der Waals surface area contributed by atoms with Crippen molar-refractivity contribution in [1.29, 1.82) is 0 Å². The van der Waals surface area contributed by atoms with Crippen molar-refractivity contribution in [2.24, 2.45) is 0 Å². The van der Waals surface area contributed by atoms with Gasteiger partial charge in [0.15, 0.2) is 0 Å². The number of hydrogen-bond acceptors (Lipinski definition) is 4. The van der Waals surface area contributed by atoms with Crippen molar-refractivity contribution in [2.45, 2.75) is 44.0 Å². The monoisotopic (exact) mass is 310 g/mol. The molecule has 1 aromatic carbocycles. The van der Waals surface area contributed by atoms with E-state index >= 15 is 0 Å². The molecule has 1 N–H and O–H groups in total. The van der Waals surface area contributed by atoms with Gasteiger partial charge in [-0.05, 0) is 19.1 Å². The van der Waals surface area contributed by atoms with Gasteiger partial charge in [-0.1, -0.05) is 26.0 Å². The van der Waals surface area contributed by atoms with E-state index < -0.39 is 0 Å². The summed E-state index contributed by atoms with van der Waals surface area (Å²) in [5.74, 6) is 0.557. The Bertz CT molecular complexity index is 567. The highest BCUT2D eigenvalue weighted by Crippen LogP contribution is 2.28. The molecule has 2 aromatic rings. The summed E-state index contributed by atoms with van der Waals surface area (Å²) in [4.78, 5) is 6.52. The Hall–Kier alpha value is -0.910. The summed E-state index contributed by atoms with van der Waals surface area (Å²) in [5.41, 5.74) is 1.08. The first kappa shape index (κ1) is 15.5. The fourth-order valence-corrected chi connectivity index (χ4v) is 3.66. The Kier molecular flexibility index (Phi) is 5.57. The highest BCUT2D eigenvalue weighted by molar-refractivity contribution is 7.98. The number of thiazole rings is 1. The van der Waals surface area contributed by atoms with Crippen molar-refractivity contribution in [3.63, 3.8) is 0 Å². The summed E-state index contributed by atoms with van der Waals surface area (Å²) in [6, 6.07) is 7.33. The Balaban J connectivity index is 1.97. The summed E-state index contributed by atoms with van der Waals surface area (Å²) in [6.45, 7) is 7.15.